The molecule has 1 aliphatic rings. The van der Waals surface area contributed by atoms with Crippen LogP contribution in [0.5, 0.6) is 11.5 Å². The predicted molar refractivity (Wildman–Crippen MR) is 101 cm³/mol. The summed E-state index contributed by atoms with van der Waals surface area (Å²) in [6.07, 6.45) is 0.600. The number of hydrogen-bond donors (Lipinski definition) is 0. The minimum absolute atomic E-state index is 0.0429. The van der Waals surface area contributed by atoms with E-state index in [1.165, 1.54) is 12.1 Å². The van der Waals surface area contributed by atoms with E-state index >= 15 is 0 Å². The van der Waals surface area contributed by atoms with Crippen molar-refractivity contribution in [3.05, 3.63) is 94.0 Å². The van der Waals surface area contributed by atoms with E-state index in [1.807, 2.05) is 30.3 Å². The van der Waals surface area contributed by atoms with Crippen molar-refractivity contribution in [1.29, 1.82) is 0 Å². The van der Waals surface area contributed by atoms with Gasteiger partial charge >= 0.3 is 0 Å². The van der Waals surface area contributed by atoms with Crippen LogP contribution in [0.3, 0.4) is 0 Å². The third-order valence-corrected chi connectivity index (χ3v) is 4.47. The van der Waals surface area contributed by atoms with Gasteiger partial charge in [0.1, 0.15) is 11.5 Å². The van der Waals surface area contributed by atoms with Crippen molar-refractivity contribution in [2.75, 3.05) is 11.4 Å². The Labute approximate surface area is 155 Å². The van der Waals surface area contributed by atoms with Crippen LogP contribution in [0.25, 0.3) is 0 Å². The summed E-state index contributed by atoms with van der Waals surface area (Å²) in [5.74, 6) is 1.12. The first kappa shape index (κ1) is 16.8. The van der Waals surface area contributed by atoms with Crippen molar-refractivity contribution in [1.82, 2.24) is 0 Å². The van der Waals surface area contributed by atoms with Gasteiger partial charge in [-0.05, 0) is 48.4 Å². The highest BCUT2D eigenvalue weighted by Crippen LogP contribution is 2.33. The zero-order valence-electron chi connectivity index (χ0n) is 14.4. The molecule has 3 aromatic rings. The predicted octanol–water partition coefficient (Wildman–Crippen LogP) is 4.59. The highest BCUT2D eigenvalue weighted by atomic mass is 16.6. The molecular formula is C21H16N2O4. The van der Waals surface area contributed by atoms with Gasteiger partial charge in [-0.3, -0.25) is 14.9 Å². The van der Waals surface area contributed by atoms with Crippen LogP contribution in [0.1, 0.15) is 15.9 Å². The fourth-order valence-corrected chi connectivity index (χ4v) is 3.19. The number of para-hydroxylation sites is 1. The standard InChI is InChI=1S/C21H16N2O4/c24-21(22-12-11-15-13-17(23(25)26)9-10-20(15)22)16-5-4-8-19(14-16)27-18-6-2-1-3-7-18/h1-10,13-14H,11-12H2. The minimum Gasteiger partial charge on any atom is -0.457 e. The maximum Gasteiger partial charge on any atom is 0.269 e. The number of hydrogen-bond acceptors (Lipinski definition) is 4. The molecule has 6 nitrogen and oxygen atoms in total. The molecule has 0 bridgehead atoms. The van der Waals surface area contributed by atoms with Gasteiger partial charge in [0, 0.05) is 29.9 Å². The number of fused-ring (bicyclic) bond motifs is 1. The minimum atomic E-state index is -0.421. The summed E-state index contributed by atoms with van der Waals surface area (Å²) in [5, 5.41) is 10.9. The zero-order valence-corrected chi connectivity index (χ0v) is 14.4. The van der Waals surface area contributed by atoms with Crippen molar-refractivity contribution in [2.24, 2.45) is 0 Å². The maximum absolute atomic E-state index is 13.0. The molecule has 0 saturated heterocycles. The van der Waals surface area contributed by atoms with Crippen LogP contribution >= 0.6 is 0 Å². The van der Waals surface area contributed by atoms with Crippen LogP contribution in [0.15, 0.2) is 72.8 Å². The fraction of sp³-hybridized carbons (Fsp3) is 0.0952. The molecule has 1 aliphatic heterocycles. The van der Waals surface area contributed by atoms with Gasteiger partial charge in [-0.2, -0.15) is 0 Å². The van der Waals surface area contributed by atoms with Gasteiger partial charge in [0.25, 0.3) is 11.6 Å². The second-order valence-electron chi connectivity index (χ2n) is 6.22. The summed E-state index contributed by atoms with van der Waals surface area (Å²) in [4.78, 5) is 25.1. The van der Waals surface area contributed by atoms with Crippen LogP contribution in [0.4, 0.5) is 11.4 Å². The number of anilines is 1. The Bertz CT molecular complexity index is 1020. The molecule has 27 heavy (non-hydrogen) atoms. The van der Waals surface area contributed by atoms with Gasteiger partial charge in [-0.1, -0.05) is 24.3 Å². The topological polar surface area (TPSA) is 72.7 Å². The Hall–Kier alpha value is -3.67. The van der Waals surface area contributed by atoms with E-state index in [0.29, 0.717) is 30.0 Å². The van der Waals surface area contributed by atoms with Crippen molar-refractivity contribution < 1.29 is 14.5 Å². The van der Waals surface area contributed by atoms with Crippen LogP contribution in [-0.4, -0.2) is 17.4 Å². The van der Waals surface area contributed by atoms with Crippen LogP contribution < -0.4 is 9.64 Å². The quantitative estimate of drug-likeness (QED) is 0.504. The van der Waals surface area contributed by atoms with E-state index in [2.05, 4.69) is 0 Å². The molecule has 0 N–H and O–H groups in total. The van der Waals surface area contributed by atoms with E-state index in [9.17, 15) is 14.9 Å². The molecule has 0 saturated carbocycles. The normalized spacial score (nSPS) is 12.5. The zero-order chi connectivity index (χ0) is 18.8. The van der Waals surface area contributed by atoms with E-state index in [4.69, 9.17) is 4.74 Å². The number of non-ortho nitro benzene ring substituents is 1. The molecule has 0 atom stereocenters. The molecule has 0 aliphatic carbocycles. The summed E-state index contributed by atoms with van der Waals surface area (Å²) in [7, 11) is 0. The molecular weight excluding hydrogens is 344 g/mol. The van der Waals surface area contributed by atoms with Crippen LogP contribution in [0, 0.1) is 10.1 Å². The highest BCUT2D eigenvalue weighted by Gasteiger charge is 2.27. The third kappa shape index (κ3) is 3.37. The number of nitrogens with zero attached hydrogens (tertiary/aromatic N) is 2. The Balaban J connectivity index is 1.58. The van der Waals surface area contributed by atoms with Gasteiger partial charge in [-0.15, -0.1) is 0 Å². The van der Waals surface area contributed by atoms with Gasteiger partial charge in [0.05, 0.1) is 4.92 Å². The molecule has 1 amide bonds. The second-order valence-corrected chi connectivity index (χ2v) is 6.22. The van der Waals surface area contributed by atoms with E-state index in [-0.39, 0.29) is 11.6 Å². The Morgan fingerprint density at radius 2 is 1.74 bits per heavy atom. The number of ether oxygens (including phenoxy) is 1. The summed E-state index contributed by atoms with van der Waals surface area (Å²) in [6, 6.07) is 21.0. The van der Waals surface area contributed by atoms with Crippen molar-refractivity contribution in [2.45, 2.75) is 6.42 Å². The van der Waals surface area contributed by atoms with Crippen LogP contribution in [0.2, 0.25) is 0 Å². The van der Waals surface area contributed by atoms with E-state index < -0.39 is 4.92 Å². The first-order valence-electron chi connectivity index (χ1n) is 8.54. The van der Waals surface area contributed by atoms with E-state index in [0.717, 1.165) is 11.3 Å². The number of nitro benzene ring substituents is 1. The molecule has 6 heteroatoms. The molecule has 1 heterocycles. The molecule has 0 fully saturated rings. The van der Waals surface area contributed by atoms with Gasteiger partial charge in [0.15, 0.2) is 0 Å². The molecule has 134 valence electrons. The number of rotatable bonds is 4. The molecule has 0 unspecified atom stereocenters. The Morgan fingerprint density at radius 1 is 0.963 bits per heavy atom. The second kappa shape index (κ2) is 6.92. The first-order chi connectivity index (χ1) is 13.1. The third-order valence-electron chi connectivity index (χ3n) is 4.47. The lowest BCUT2D eigenvalue weighted by molar-refractivity contribution is -0.384. The number of benzene rings is 3. The average molecular weight is 360 g/mol. The molecule has 0 spiro atoms. The monoisotopic (exact) mass is 360 g/mol. The fourth-order valence-electron chi connectivity index (χ4n) is 3.19. The summed E-state index contributed by atoms with van der Waals surface area (Å²) in [5.41, 5.74) is 2.09. The van der Waals surface area contributed by atoms with Crippen molar-refractivity contribution in [3.63, 3.8) is 0 Å². The first-order valence-corrected chi connectivity index (χ1v) is 8.54. The molecule has 0 aromatic heterocycles. The largest absolute Gasteiger partial charge is 0.457 e. The highest BCUT2D eigenvalue weighted by molar-refractivity contribution is 6.07. The van der Waals surface area contributed by atoms with Crippen molar-refractivity contribution in [3.8, 4) is 11.5 Å². The maximum atomic E-state index is 13.0. The molecule has 4 rings (SSSR count). The van der Waals surface area contributed by atoms with Gasteiger partial charge in [0.2, 0.25) is 0 Å². The number of carbonyl (C=O) groups is 1. The Kier molecular flexibility index (Phi) is 4.30. The average Bonchev–Trinajstić information content (AvgIpc) is 3.11. The van der Waals surface area contributed by atoms with Gasteiger partial charge in [-0.25, -0.2) is 0 Å². The van der Waals surface area contributed by atoms with Gasteiger partial charge < -0.3 is 9.64 Å². The van der Waals surface area contributed by atoms with Crippen LogP contribution in [-0.2, 0) is 6.42 Å². The molecule has 3 aromatic carbocycles. The lowest BCUT2D eigenvalue weighted by atomic mass is 10.1. The molecule has 0 radical (unpaired) electrons. The number of carbonyl (C=O) groups excluding carboxylic acids is 1. The summed E-state index contributed by atoms with van der Waals surface area (Å²) >= 11 is 0. The number of nitro groups is 1. The van der Waals surface area contributed by atoms with Crippen molar-refractivity contribution >= 4 is 17.3 Å². The smallest absolute Gasteiger partial charge is 0.269 e. The number of amides is 1. The summed E-state index contributed by atoms with van der Waals surface area (Å²) < 4.78 is 5.80. The Morgan fingerprint density at radius 3 is 2.52 bits per heavy atom. The lowest BCUT2D eigenvalue weighted by Crippen LogP contribution is -2.28. The summed E-state index contributed by atoms with van der Waals surface area (Å²) in [6.45, 7) is 0.499. The lowest BCUT2D eigenvalue weighted by Gasteiger charge is -2.17. The van der Waals surface area contributed by atoms with E-state index in [1.54, 1.807) is 35.2 Å². The SMILES string of the molecule is O=C(c1cccc(Oc2ccccc2)c1)N1CCc2cc([N+](=O)[O-])ccc21.